The molecule has 0 aromatic rings. The van der Waals surface area contributed by atoms with Gasteiger partial charge in [0.2, 0.25) is 0 Å². The summed E-state index contributed by atoms with van der Waals surface area (Å²) < 4.78 is 0. The molecule has 0 spiro atoms. The zero-order valence-corrected chi connectivity index (χ0v) is 4.14. The molecule has 2 heteroatoms. The average Bonchev–Trinajstić information content (AvgIpc) is 1.38. The SMILES string of the molecule is CC(C)CO.[O]. The van der Waals surface area contributed by atoms with E-state index < -0.39 is 0 Å². The van der Waals surface area contributed by atoms with Crippen LogP contribution in [0.2, 0.25) is 0 Å². The maximum Gasteiger partial charge on any atom is 0.0453 e. The highest BCUT2D eigenvalue weighted by Crippen LogP contribution is 1.83. The van der Waals surface area contributed by atoms with Gasteiger partial charge >= 0.3 is 0 Å². The Kier molecular flexibility index (Phi) is 7.65. The van der Waals surface area contributed by atoms with E-state index in [4.69, 9.17) is 5.11 Å². The molecule has 2 nitrogen and oxygen atoms in total. The van der Waals surface area contributed by atoms with Gasteiger partial charge in [0, 0.05) is 12.1 Å². The predicted molar refractivity (Wildman–Crippen MR) is 22.6 cm³/mol. The zero-order valence-electron chi connectivity index (χ0n) is 4.14. The van der Waals surface area contributed by atoms with Gasteiger partial charge in [0.25, 0.3) is 0 Å². The van der Waals surface area contributed by atoms with Gasteiger partial charge in [-0.3, -0.25) is 0 Å². The molecule has 0 aromatic heterocycles. The second kappa shape index (κ2) is 4.92. The van der Waals surface area contributed by atoms with E-state index in [1.807, 2.05) is 13.8 Å². The summed E-state index contributed by atoms with van der Waals surface area (Å²) in [4.78, 5) is 0. The summed E-state index contributed by atoms with van der Waals surface area (Å²) in [6.45, 7) is 4.25. The lowest BCUT2D eigenvalue weighted by Gasteiger charge is -1.90. The molecule has 0 aliphatic heterocycles. The maximum atomic E-state index is 8.14. The van der Waals surface area contributed by atoms with Crippen LogP contribution in [-0.4, -0.2) is 11.7 Å². The summed E-state index contributed by atoms with van der Waals surface area (Å²) in [5.74, 6) is 0.440. The topological polar surface area (TPSA) is 48.7 Å². The minimum atomic E-state index is 0. The van der Waals surface area contributed by atoms with E-state index >= 15 is 0 Å². The van der Waals surface area contributed by atoms with Gasteiger partial charge in [-0.25, -0.2) is 0 Å². The quantitative estimate of drug-likeness (QED) is 0.501. The fourth-order valence-electron chi connectivity index (χ4n) is 0. The molecule has 0 bridgehead atoms. The molecule has 0 fully saturated rings. The first-order valence-corrected chi connectivity index (χ1v) is 1.88. The summed E-state index contributed by atoms with van der Waals surface area (Å²) in [5.41, 5.74) is 0. The highest BCUT2D eigenvalue weighted by Gasteiger charge is 1.81. The highest BCUT2D eigenvalue weighted by atomic mass is 16.3. The molecule has 0 aliphatic rings. The normalized spacial score (nSPS) is 8.00. The van der Waals surface area contributed by atoms with E-state index in [0.29, 0.717) is 12.5 Å². The Bertz CT molecular complexity index is 19.5. The van der Waals surface area contributed by atoms with Crippen molar-refractivity contribution in [2.45, 2.75) is 13.8 Å². The van der Waals surface area contributed by atoms with Gasteiger partial charge in [-0.05, 0) is 5.92 Å². The van der Waals surface area contributed by atoms with Crippen LogP contribution in [0.5, 0.6) is 0 Å². The molecule has 0 amide bonds. The molecule has 0 rings (SSSR count). The number of rotatable bonds is 1. The standard InChI is InChI=1S/C4H10O.O/c1-4(2)3-5;/h4-5H,3H2,1-2H3;. The van der Waals surface area contributed by atoms with Crippen molar-refractivity contribution in [3.05, 3.63) is 0 Å². The molecular formula is C4H10O2. The smallest absolute Gasteiger partial charge is 0.0453 e. The lowest BCUT2D eigenvalue weighted by Crippen LogP contribution is -1.90. The fraction of sp³-hybridized carbons (Fsp3) is 1.00. The van der Waals surface area contributed by atoms with Crippen LogP contribution in [0.15, 0.2) is 0 Å². The molecule has 0 saturated carbocycles. The van der Waals surface area contributed by atoms with Crippen LogP contribution in [0.25, 0.3) is 0 Å². The van der Waals surface area contributed by atoms with Gasteiger partial charge in [0.05, 0.1) is 0 Å². The molecule has 0 aromatic carbocycles. The molecule has 0 unspecified atom stereocenters. The molecule has 0 heterocycles. The summed E-state index contributed by atoms with van der Waals surface area (Å²) >= 11 is 0. The van der Waals surface area contributed by atoms with Crippen molar-refractivity contribution < 1.29 is 10.6 Å². The van der Waals surface area contributed by atoms with Crippen LogP contribution in [0.3, 0.4) is 0 Å². The summed E-state index contributed by atoms with van der Waals surface area (Å²) in [6.07, 6.45) is 0. The third kappa shape index (κ3) is 9.07. The van der Waals surface area contributed by atoms with E-state index in [-0.39, 0.29) is 5.48 Å². The molecule has 38 valence electrons. The average molecular weight is 90.1 g/mol. The van der Waals surface area contributed by atoms with Crippen LogP contribution in [0, 0.1) is 5.92 Å². The number of aliphatic hydroxyl groups is 1. The van der Waals surface area contributed by atoms with Crippen molar-refractivity contribution >= 4 is 0 Å². The second-order valence-corrected chi connectivity index (χ2v) is 1.58. The van der Waals surface area contributed by atoms with E-state index in [1.54, 1.807) is 0 Å². The van der Waals surface area contributed by atoms with Crippen molar-refractivity contribution in [3.8, 4) is 0 Å². The Morgan fingerprint density at radius 3 is 1.67 bits per heavy atom. The first-order valence-electron chi connectivity index (χ1n) is 1.88. The monoisotopic (exact) mass is 90.1 g/mol. The minimum Gasteiger partial charge on any atom is -0.396 e. The highest BCUT2D eigenvalue weighted by molar-refractivity contribution is 4.32. The van der Waals surface area contributed by atoms with Crippen LogP contribution in [0.1, 0.15) is 13.8 Å². The number of hydrogen-bond acceptors (Lipinski definition) is 1. The molecule has 1 N–H and O–H groups in total. The Hall–Kier alpha value is -0.0800. The largest absolute Gasteiger partial charge is 0.396 e. The molecule has 6 heavy (non-hydrogen) atoms. The van der Waals surface area contributed by atoms with Crippen molar-refractivity contribution in [1.82, 2.24) is 0 Å². The zero-order chi connectivity index (χ0) is 4.28. The van der Waals surface area contributed by atoms with Crippen LogP contribution < -0.4 is 0 Å². The maximum absolute atomic E-state index is 8.14. The van der Waals surface area contributed by atoms with E-state index in [1.165, 1.54) is 0 Å². The lowest BCUT2D eigenvalue weighted by molar-refractivity contribution is 0.248. The Morgan fingerprint density at radius 1 is 1.50 bits per heavy atom. The van der Waals surface area contributed by atoms with E-state index in [0.717, 1.165) is 0 Å². The van der Waals surface area contributed by atoms with Crippen molar-refractivity contribution in [1.29, 1.82) is 0 Å². The predicted octanol–water partition coefficient (Wildman–Crippen LogP) is 0.516. The van der Waals surface area contributed by atoms with Gasteiger partial charge in [-0.15, -0.1) is 0 Å². The van der Waals surface area contributed by atoms with Gasteiger partial charge in [0.1, 0.15) is 0 Å². The van der Waals surface area contributed by atoms with Crippen molar-refractivity contribution in [2.24, 2.45) is 5.92 Å². The fourth-order valence-corrected chi connectivity index (χ4v) is 0. The number of aliphatic hydroxyl groups excluding tert-OH is 1. The third-order valence-corrected chi connectivity index (χ3v) is 0.365. The molecular weight excluding hydrogens is 80.0 g/mol. The van der Waals surface area contributed by atoms with Gasteiger partial charge in [0.15, 0.2) is 0 Å². The van der Waals surface area contributed by atoms with Gasteiger partial charge < -0.3 is 5.11 Å². The molecule has 0 atom stereocenters. The lowest BCUT2D eigenvalue weighted by atomic mass is 10.2. The molecule has 0 aliphatic carbocycles. The Labute approximate surface area is 38.1 Å². The third-order valence-electron chi connectivity index (χ3n) is 0.365. The van der Waals surface area contributed by atoms with E-state index in [2.05, 4.69) is 0 Å². The van der Waals surface area contributed by atoms with Crippen LogP contribution in [0.4, 0.5) is 0 Å². The minimum absolute atomic E-state index is 0. The summed E-state index contributed by atoms with van der Waals surface area (Å²) in [7, 11) is 0. The van der Waals surface area contributed by atoms with Crippen LogP contribution in [-0.2, 0) is 5.48 Å². The van der Waals surface area contributed by atoms with Gasteiger partial charge in [-0.2, -0.15) is 0 Å². The first kappa shape index (κ1) is 9.33. The second-order valence-electron chi connectivity index (χ2n) is 1.58. The molecule has 2 radical (unpaired) electrons. The molecule has 0 saturated heterocycles. The Balaban J connectivity index is 0. The van der Waals surface area contributed by atoms with E-state index in [9.17, 15) is 0 Å². The van der Waals surface area contributed by atoms with Gasteiger partial charge in [-0.1, -0.05) is 13.8 Å². The van der Waals surface area contributed by atoms with Crippen molar-refractivity contribution in [3.63, 3.8) is 0 Å². The summed E-state index contributed by atoms with van der Waals surface area (Å²) in [6, 6.07) is 0. The number of hydrogen-bond donors (Lipinski definition) is 1. The summed E-state index contributed by atoms with van der Waals surface area (Å²) in [5, 5.41) is 8.14. The van der Waals surface area contributed by atoms with Crippen LogP contribution >= 0.6 is 0 Å². The first-order chi connectivity index (χ1) is 2.27. The Morgan fingerprint density at radius 2 is 1.67 bits per heavy atom. The van der Waals surface area contributed by atoms with Crippen molar-refractivity contribution in [2.75, 3.05) is 6.61 Å².